The number of aliphatic carboxylic acids is 1. The first kappa shape index (κ1) is 16.3. The largest absolute Gasteiger partial charge is 0.490 e. The Morgan fingerprint density at radius 2 is 2.10 bits per heavy atom. The summed E-state index contributed by atoms with van der Waals surface area (Å²) >= 11 is 0. The zero-order chi connectivity index (χ0) is 15.0. The number of benzene rings is 1. The standard InChI is InChI=1S/C14H21NO5/c1-3-19-13-6-11(8-15-7-10(2)16)4-5-12(13)20-9-14(17)18/h4-6,10,15-16H,3,7-9H2,1-2H3,(H,17,18). The van der Waals surface area contributed by atoms with Gasteiger partial charge < -0.3 is 25.0 Å². The van der Waals surface area contributed by atoms with E-state index in [1.807, 2.05) is 13.0 Å². The highest BCUT2D eigenvalue weighted by atomic mass is 16.5. The van der Waals surface area contributed by atoms with Gasteiger partial charge in [0.1, 0.15) is 0 Å². The lowest BCUT2D eigenvalue weighted by atomic mass is 10.2. The lowest BCUT2D eigenvalue weighted by molar-refractivity contribution is -0.139. The minimum Gasteiger partial charge on any atom is -0.490 e. The fraction of sp³-hybridized carbons (Fsp3) is 0.500. The van der Waals surface area contributed by atoms with Gasteiger partial charge in [0.2, 0.25) is 0 Å². The van der Waals surface area contributed by atoms with E-state index in [0.717, 1.165) is 5.56 Å². The molecule has 0 amide bonds. The fourth-order valence-corrected chi connectivity index (χ4v) is 1.61. The molecule has 1 atom stereocenters. The van der Waals surface area contributed by atoms with Gasteiger partial charge in [-0.2, -0.15) is 0 Å². The zero-order valence-corrected chi connectivity index (χ0v) is 11.8. The Labute approximate surface area is 118 Å². The van der Waals surface area contributed by atoms with E-state index in [-0.39, 0.29) is 0 Å². The number of nitrogens with one attached hydrogen (secondary N) is 1. The number of carboxylic acids is 1. The monoisotopic (exact) mass is 283 g/mol. The molecule has 0 saturated carbocycles. The first-order chi connectivity index (χ1) is 9.52. The van der Waals surface area contributed by atoms with Crippen LogP contribution in [-0.4, -0.2) is 42.0 Å². The van der Waals surface area contributed by atoms with Crippen LogP contribution in [0.3, 0.4) is 0 Å². The highest BCUT2D eigenvalue weighted by Gasteiger charge is 2.08. The summed E-state index contributed by atoms with van der Waals surface area (Å²) in [5.41, 5.74) is 0.969. The third-order valence-electron chi connectivity index (χ3n) is 2.43. The number of aliphatic hydroxyl groups is 1. The Kier molecular flexibility index (Phi) is 6.83. The van der Waals surface area contributed by atoms with Gasteiger partial charge in [-0.3, -0.25) is 0 Å². The molecule has 1 rings (SSSR count). The highest BCUT2D eigenvalue weighted by Crippen LogP contribution is 2.28. The van der Waals surface area contributed by atoms with E-state index in [9.17, 15) is 9.90 Å². The molecule has 6 nitrogen and oxygen atoms in total. The van der Waals surface area contributed by atoms with Crippen LogP contribution in [0, 0.1) is 0 Å². The number of carbonyl (C=O) groups is 1. The van der Waals surface area contributed by atoms with Crippen molar-refractivity contribution in [3.8, 4) is 11.5 Å². The SMILES string of the molecule is CCOc1cc(CNCC(C)O)ccc1OCC(=O)O. The van der Waals surface area contributed by atoms with Crippen molar-refractivity contribution in [1.29, 1.82) is 0 Å². The molecule has 1 unspecified atom stereocenters. The second-order valence-corrected chi connectivity index (χ2v) is 4.38. The normalized spacial score (nSPS) is 11.9. The third kappa shape index (κ3) is 5.90. The van der Waals surface area contributed by atoms with Crippen LogP contribution in [0.2, 0.25) is 0 Å². The second kappa shape index (κ2) is 8.39. The van der Waals surface area contributed by atoms with Gasteiger partial charge in [-0.15, -0.1) is 0 Å². The van der Waals surface area contributed by atoms with Crippen molar-refractivity contribution < 1.29 is 24.5 Å². The Balaban J connectivity index is 2.70. The molecule has 6 heteroatoms. The van der Waals surface area contributed by atoms with E-state index >= 15 is 0 Å². The summed E-state index contributed by atoms with van der Waals surface area (Å²) in [5.74, 6) is -0.103. The van der Waals surface area contributed by atoms with Crippen LogP contribution in [0.4, 0.5) is 0 Å². The molecule has 0 fully saturated rings. The maximum atomic E-state index is 10.5. The molecule has 0 saturated heterocycles. The molecule has 0 radical (unpaired) electrons. The summed E-state index contributed by atoms with van der Waals surface area (Å²) in [5, 5.41) is 20.9. The fourth-order valence-electron chi connectivity index (χ4n) is 1.61. The third-order valence-corrected chi connectivity index (χ3v) is 2.43. The van der Waals surface area contributed by atoms with Crippen molar-refractivity contribution >= 4 is 5.97 Å². The van der Waals surface area contributed by atoms with E-state index < -0.39 is 18.7 Å². The molecular formula is C14H21NO5. The van der Waals surface area contributed by atoms with Crippen LogP contribution in [0.25, 0.3) is 0 Å². The molecular weight excluding hydrogens is 262 g/mol. The van der Waals surface area contributed by atoms with Gasteiger partial charge >= 0.3 is 5.97 Å². The van der Waals surface area contributed by atoms with Crippen molar-refractivity contribution in [2.75, 3.05) is 19.8 Å². The Morgan fingerprint density at radius 3 is 2.70 bits per heavy atom. The lowest BCUT2D eigenvalue weighted by Gasteiger charge is -2.13. The van der Waals surface area contributed by atoms with E-state index in [0.29, 0.717) is 31.2 Å². The first-order valence-electron chi connectivity index (χ1n) is 6.52. The number of carboxylic acid groups (broad SMARTS) is 1. The Morgan fingerprint density at radius 1 is 1.35 bits per heavy atom. The summed E-state index contributed by atoms with van der Waals surface area (Å²) in [4.78, 5) is 10.5. The summed E-state index contributed by atoms with van der Waals surface area (Å²) in [6, 6.07) is 5.32. The Hall–Kier alpha value is -1.79. The number of ether oxygens (including phenoxy) is 2. The van der Waals surface area contributed by atoms with E-state index in [1.165, 1.54) is 0 Å². The zero-order valence-electron chi connectivity index (χ0n) is 11.8. The molecule has 1 aromatic carbocycles. The van der Waals surface area contributed by atoms with Crippen LogP contribution in [-0.2, 0) is 11.3 Å². The highest BCUT2D eigenvalue weighted by molar-refractivity contribution is 5.68. The second-order valence-electron chi connectivity index (χ2n) is 4.38. The molecule has 0 aliphatic carbocycles. The van der Waals surface area contributed by atoms with Gasteiger partial charge in [0.25, 0.3) is 0 Å². The molecule has 0 spiro atoms. The van der Waals surface area contributed by atoms with Gasteiger partial charge in [-0.1, -0.05) is 6.07 Å². The van der Waals surface area contributed by atoms with Gasteiger partial charge in [0, 0.05) is 13.1 Å². The van der Waals surface area contributed by atoms with Gasteiger partial charge in [-0.25, -0.2) is 4.79 Å². The van der Waals surface area contributed by atoms with Crippen molar-refractivity contribution in [2.24, 2.45) is 0 Å². The number of hydrogen-bond acceptors (Lipinski definition) is 5. The van der Waals surface area contributed by atoms with Gasteiger partial charge in [0.05, 0.1) is 12.7 Å². The van der Waals surface area contributed by atoms with Gasteiger partial charge in [0.15, 0.2) is 18.1 Å². The smallest absolute Gasteiger partial charge is 0.341 e. The van der Waals surface area contributed by atoms with E-state index in [4.69, 9.17) is 14.6 Å². The average Bonchev–Trinajstić information content (AvgIpc) is 2.37. The molecule has 0 aliphatic heterocycles. The minimum absolute atomic E-state index is 0.403. The van der Waals surface area contributed by atoms with Crippen LogP contribution in [0.5, 0.6) is 11.5 Å². The van der Waals surface area contributed by atoms with E-state index in [1.54, 1.807) is 19.1 Å². The maximum absolute atomic E-state index is 10.5. The summed E-state index contributed by atoms with van der Waals surface area (Å²) in [6.07, 6.45) is -0.403. The van der Waals surface area contributed by atoms with Gasteiger partial charge in [-0.05, 0) is 31.5 Å². The van der Waals surface area contributed by atoms with E-state index in [2.05, 4.69) is 5.32 Å². The topological polar surface area (TPSA) is 88.0 Å². The minimum atomic E-state index is -1.03. The Bertz CT molecular complexity index is 434. The molecule has 0 aliphatic rings. The van der Waals surface area contributed by atoms with Crippen molar-refractivity contribution in [3.05, 3.63) is 23.8 Å². The number of aliphatic hydroxyl groups excluding tert-OH is 1. The molecule has 0 aromatic heterocycles. The number of hydrogen-bond donors (Lipinski definition) is 3. The molecule has 3 N–H and O–H groups in total. The quantitative estimate of drug-likeness (QED) is 0.627. The predicted octanol–water partition coefficient (Wildman–Crippen LogP) is 1.02. The lowest BCUT2D eigenvalue weighted by Crippen LogP contribution is -2.23. The van der Waals surface area contributed by atoms with Crippen molar-refractivity contribution in [1.82, 2.24) is 5.32 Å². The van der Waals surface area contributed by atoms with Crippen LogP contribution >= 0.6 is 0 Å². The molecule has 20 heavy (non-hydrogen) atoms. The number of rotatable bonds is 9. The molecule has 112 valence electrons. The van der Waals surface area contributed by atoms with Crippen LogP contribution in [0.15, 0.2) is 18.2 Å². The maximum Gasteiger partial charge on any atom is 0.341 e. The first-order valence-corrected chi connectivity index (χ1v) is 6.52. The van der Waals surface area contributed by atoms with Crippen molar-refractivity contribution in [2.45, 2.75) is 26.5 Å². The van der Waals surface area contributed by atoms with Crippen LogP contribution in [0.1, 0.15) is 19.4 Å². The molecule has 1 aromatic rings. The molecule has 0 heterocycles. The summed E-state index contributed by atoms with van der Waals surface area (Å²) in [6.45, 7) is 4.71. The summed E-state index contributed by atoms with van der Waals surface area (Å²) < 4.78 is 10.6. The van der Waals surface area contributed by atoms with Crippen LogP contribution < -0.4 is 14.8 Å². The average molecular weight is 283 g/mol. The van der Waals surface area contributed by atoms with Crippen molar-refractivity contribution in [3.63, 3.8) is 0 Å². The predicted molar refractivity (Wildman–Crippen MR) is 74.1 cm³/mol. The molecule has 0 bridgehead atoms. The summed E-state index contributed by atoms with van der Waals surface area (Å²) in [7, 11) is 0.